The summed E-state index contributed by atoms with van der Waals surface area (Å²) in [5.41, 5.74) is 0. The quantitative estimate of drug-likeness (QED) is 0.762. The molecule has 2 heterocycles. The molecule has 2 aliphatic heterocycles. The van der Waals surface area contributed by atoms with Crippen LogP contribution in [0, 0.1) is 5.92 Å². The van der Waals surface area contributed by atoms with Gasteiger partial charge in [0.25, 0.3) is 0 Å². The zero-order valence-electron chi connectivity index (χ0n) is 11.8. The molecule has 2 atom stereocenters. The van der Waals surface area contributed by atoms with Gasteiger partial charge in [0.15, 0.2) is 0 Å². The van der Waals surface area contributed by atoms with Gasteiger partial charge in [0.05, 0.1) is 5.92 Å². The number of amides is 2. The summed E-state index contributed by atoms with van der Waals surface area (Å²) < 4.78 is 0. The molecule has 2 unspecified atom stereocenters. The van der Waals surface area contributed by atoms with Gasteiger partial charge >= 0.3 is 0 Å². The highest BCUT2D eigenvalue weighted by Crippen LogP contribution is 2.15. The molecule has 0 aromatic rings. The lowest BCUT2D eigenvalue weighted by Gasteiger charge is -2.31. The standard InChI is InChI=1S/C14H25N3O2/c1-2-7-17(10-12-5-3-4-6-15-12)14(19)11-8-13(18)16-9-11/h11-12,15H,2-10H2,1H3,(H,16,18). The van der Waals surface area contributed by atoms with Crippen molar-refractivity contribution >= 4 is 11.8 Å². The normalized spacial score (nSPS) is 27.1. The molecule has 0 aromatic carbocycles. The Morgan fingerprint density at radius 1 is 1.42 bits per heavy atom. The van der Waals surface area contributed by atoms with Crippen molar-refractivity contribution in [1.29, 1.82) is 0 Å². The molecular weight excluding hydrogens is 242 g/mol. The Morgan fingerprint density at radius 2 is 2.26 bits per heavy atom. The summed E-state index contributed by atoms with van der Waals surface area (Å²) in [7, 11) is 0. The lowest BCUT2D eigenvalue weighted by Crippen LogP contribution is -2.47. The van der Waals surface area contributed by atoms with E-state index >= 15 is 0 Å². The van der Waals surface area contributed by atoms with E-state index in [1.54, 1.807) is 0 Å². The van der Waals surface area contributed by atoms with Gasteiger partial charge in [-0.2, -0.15) is 0 Å². The zero-order chi connectivity index (χ0) is 13.7. The third-order valence-corrected chi connectivity index (χ3v) is 3.99. The van der Waals surface area contributed by atoms with Crippen LogP contribution in [-0.2, 0) is 9.59 Å². The largest absolute Gasteiger partial charge is 0.355 e. The molecule has 5 nitrogen and oxygen atoms in total. The molecule has 0 bridgehead atoms. The van der Waals surface area contributed by atoms with Crippen molar-refractivity contribution in [2.45, 2.75) is 45.1 Å². The fourth-order valence-electron chi connectivity index (χ4n) is 2.95. The molecule has 0 saturated carbocycles. The van der Waals surface area contributed by atoms with Gasteiger partial charge in [-0.15, -0.1) is 0 Å². The first-order valence-corrected chi connectivity index (χ1v) is 7.49. The van der Waals surface area contributed by atoms with Crippen molar-refractivity contribution in [3.05, 3.63) is 0 Å². The van der Waals surface area contributed by atoms with E-state index in [1.165, 1.54) is 12.8 Å². The second kappa shape index (κ2) is 6.89. The second-order valence-electron chi connectivity index (χ2n) is 5.64. The van der Waals surface area contributed by atoms with Crippen LogP contribution < -0.4 is 10.6 Å². The average Bonchev–Trinajstić information content (AvgIpc) is 2.85. The smallest absolute Gasteiger partial charge is 0.228 e. The molecule has 2 aliphatic rings. The van der Waals surface area contributed by atoms with Crippen LogP contribution in [0.15, 0.2) is 0 Å². The number of hydrogen-bond donors (Lipinski definition) is 2. The van der Waals surface area contributed by atoms with E-state index in [4.69, 9.17) is 0 Å². The summed E-state index contributed by atoms with van der Waals surface area (Å²) in [6.45, 7) is 5.24. The number of piperidine rings is 1. The Labute approximate surface area is 115 Å². The van der Waals surface area contributed by atoms with Gasteiger partial charge < -0.3 is 15.5 Å². The van der Waals surface area contributed by atoms with Crippen molar-refractivity contribution in [3.8, 4) is 0 Å². The first-order chi connectivity index (χ1) is 9.20. The van der Waals surface area contributed by atoms with Crippen molar-refractivity contribution < 1.29 is 9.59 Å². The Kier molecular flexibility index (Phi) is 5.19. The summed E-state index contributed by atoms with van der Waals surface area (Å²) in [6, 6.07) is 0.425. The van der Waals surface area contributed by atoms with Gasteiger partial charge in [-0.1, -0.05) is 13.3 Å². The molecular formula is C14H25N3O2. The molecule has 2 fully saturated rings. The van der Waals surface area contributed by atoms with Crippen LogP contribution in [0.5, 0.6) is 0 Å². The molecule has 2 N–H and O–H groups in total. The zero-order valence-corrected chi connectivity index (χ0v) is 11.8. The minimum atomic E-state index is -0.150. The van der Waals surface area contributed by atoms with E-state index in [-0.39, 0.29) is 17.7 Å². The molecule has 19 heavy (non-hydrogen) atoms. The number of rotatable bonds is 5. The van der Waals surface area contributed by atoms with Gasteiger partial charge in [0.2, 0.25) is 11.8 Å². The van der Waals surface area contributed by atoms with Crippen LogP contribution in [0.4, 0.5) is 0 Å². The topological polar surface area (TPSA) is 61.4 Å². The highest BCUT2D eigenvalue weighted by atomic mass is 16.2. The molecule has 108 valence electrons. The highest BCUT2D eigenvalue weighted by molar-refractivity contribution is 5.89. The predicted molar refractivity (Wildman–Crippen MR) is 73.6 cm³/mol. The van der Waals surface area contributed by atoms with E-state index in [9.17, 15) is 9.59 Å². The predicted octanol–water partition coefficient (Wildman–Crippen LogP) is 0.503. The third kappa shape index (κ3) is 3.93. The molecule has 0 radical (unpaired) electrons. The van der Waals surface area contributed by atoms with E-state index < -0.39 is 0 Å². The van der Waals surface area contributed by atoms with Gasteiger partial charge in [-0.05, 0) is 25.8 Å². The molecule has 0 aliphatic carbocycles. The summed E-state index contributed by atoms with van der Waals surface area (Å²) in [5, 5.41) is 6.23. The van der Waals surface area contributed by atoms with E-state index in [2.05, 4.69) is 17.6 Å². The van der Waals surface area contributed by atoms with Crippen LogP contribution in [0.3, 0.4) is 0 Å². The molecule has 2 rings (SSSR count). The Bertz CT molecular complexity index is 327. The molecule has 0 aromatic heterocycles. The van der Waals surface area contributed by atoms with Crippen LogP contribution in [-0.4, -0.2) is 48.9 Å². The molecule has 2 saturated heterocycles. The first kappa shape index (κ1) is 14.3. The van der Waals surface area contributed by atoms with Crippen molar-refractivity contribution in [3.63, 3.8) is 0 Å². The lowest BCUT2D eigenvalue weighted by molar-refractivity contribution is -0.136. The van der Waals surface area contributed by atoms with E-state index in [0.717, 1.165) is 32.5 Å². The van der Waals surface area contributed by atoms with E-state index in [0.29, 0.717) is 19.0 Å². The maximum Gasteiger partial charge on any atom is 0.228 e. The van der Waals surface area contributed by atoms with Gasteiger partial charge in [0.1, 0.15) is 0 Å². The Morgan fingerprint density at radius 3 is 2.84 bits per heavy atom. The first-order valence-electron chi connectivity index (χ1n) is 7.49. The van der Waals surface area contributed by atoms with Crippen molar-refractivity contribution in [2.75, 3.05) is 26.2 Å². The molecule has 2 amide bonds. The fraction of sp³-hybridized carbons (Fsp3) is 0.857. The number of carbonyl (C=O) groups is 2. The van der Waals surface area contributed by atoms with Crippen LogP contribution in [0.25, 0.3) is 0 Å². The maximum absolute atomic E-state index is 12.5. The Hall–Kier alpha value is -1.10. The minimum absolute atomic E-state index is 0.00518. The SMILES string of the molecule is CCCN(CC1CCCCN1)C(=O)C1CNC(=O)C1. The molecule has 0 spiro atoms. The van der Waals surface area contributed by atoms with Gasteiger partial charge in [0, 0.05) is 32.1 Å². The number of nitrogens with one attached hydrogen (secondary N) is 2. The van der Waals surface area contributed by atoms with E-state index in [1.807, 2.05) is 4.90 Å². The number of nitrogens with zero attached hydrogens (tertiary/aromatic N) is 1. The van der Waals surface area contributed by atoms with Crippen LogP contribution in [0.1, 0.15) is 39.0 Å². The average molecular weight is 267 g/mol. The minimum Gasteiger partial charge on any atom is -0.355 e. The number of hydrogen-bond acceptors (Lipinski definition) is 3. The lowest BCUT2D eigenvalue weighted by atomic mass is 10.0. The van der Waals surface area contributed by atoms with Gasteiger partial charge in [-0.25, -0.2) is 0 Å². The summed E-state index contributed by atoms with van der Waals surface area (Å²) in [4.78, 5) is 25.6. The van der Waals surface area contributed by atoms with Crippen molar-refractivity contribution in [2.24, 2.45) is 5.92 Å². The summed E-state index contributed by atoms with van der Waals surface area (Å²) >= 11 is 0. The molecule has 5 heteroatoms. The van der Waals surface area contributed by atoms with Gasteiger partial charge in [-0.3, -0.25) is 9.59 Å². The van der Waals surface area contributed by atoms with Crippen LogP contribution >= 0.6 is 0 Å². The second-order valence-corrected chi connectivity index (χ2v) is 5.64. The number of carbonyl (C=O) groups excluding carboxylic acids is 2. The maximum atomic E-state index is 12.5. The highest BCUT2D eigenvalue weighted by Gasteiger charge is 2.32. The third-order valence-electron chi connectivity index (χ3n) is 3.99. The van der Waals surface area contributed by atoms with Crippen LogP contribution in [0.2, 0.25) is 0 Å². The fourth-order valence-corrected chi connectivity index (χ4v) is 2.95. The van der Waals surface area contributed by atoms with Crippen molar-refractivity contribution in [1.82, 2.24) is 15.5 Å². The monoisotopic (exact) mass is 267 g/mol. The summed E-state index contributed by atoms with van der Waals surface area (Å²) in [6.07, 6.45) is 4.95. The Balaban J connectivity index is 1.90. The summed E-state index contributed by atoms with van der Waals surface area (Å²) in [5.74, 6) is 0.000744.